The zero-order valence-electron chi connectivity index (χ0n) is 19.5. The summed E-state index contributed by atoms with van der Waals surface area (Å²) in [4.78, 5) is 16.4. The number of aryl methyl sites for hydroxylation is 2. The van der Waals surface area contributed by atoms with E-state index in [4.69, 9.17) is 9.72 Å². The summed E-state index contributed by atoms with van der Waals surface area (Å²) in [6.07, 6.45) is 7.01. The Balaban J connectivity index is 1.50. The third-order valence-electron chi connectivity index (χ3n) is 5.52. The van der Waals surface area contributed by atoms with Gasteiger partial charge in [-0.25, -0.2) is 4.98 Å². The highest BCUT2D eigenvalue weighted by Gasteiger charge is 2.10. The molecule has 0 unspecified atom stereocenters. The molecular weight excluding hydrogens is 398 g/mol. The van der Waals surface area contributed by atoms with Gasteiger partial charge in [0.25, 0.3) is 0 Å². The minimum absolute atomic E-state index is 0.0418. The van der Waals surface area contributed by atoms with Crippen LogP contribution in [-0.4, -0.2) is 28.6 Å². The van der Waals surface area contributed by atoms with Gasteiger partial charge in [-0.1, -0.05) is 44.2 Å². The Bertz CT molecular complexity index is 1020. The Kier molecular flexibility index (Phi) is 8.90. The lowest BCUT2D eigenvalue weighted by Crippen LogP contribution is -2.22. The second-order valence-electron chi connectivity index (χ2n) is 8.34. The molecule has 2 aromatic carbocycles. The van der Waals surface area contributed by atoms with Crippen LogP contribution in [0.1, 0.15) is 57.3 Å². The van der Waals surface area contributed by atoms with E-state index in [1.54, 1.807) is 12.2 Å². The van der Waals surface area contributed by atoms with E-state index in [0.29, 0.717) is 19.1 Å². The van der Waals surface area contributed by atoms with E-state index in [-0.39, 0.29) is 5.91 Å². The number of benzene rings is 2. The molecule has 0 bridgehead atoms. The maximum atomic E-state index is 11.6. The van der Waals surface area contributed by atoms with Crippen LogP contribution in [-0.2, 0) is 17.8 Å². The van der Waals surface area contributed by atoms with E-state index in [1.165, 1.54) is 11.1 Å². The summed E-state index contributed by atoms with van der Waals surface area (Å²) in [5, 5.41) is 2.91. The molecule has 0 aliphatic carbocycles. The molecule has 32 heavy (non-hydrogen) atoms. The lowest BCUT2D eigenvalue weighted by atomic mass is 10.0. The van der Waals surface area contributed by atoms with E-state index >= 15 is 0 Å². The first-order chi connectivity index (χ1) is 15.6. The summed E-state index contributed by atoms with van der Waals surface area (Å²) in [5.74, 6) is 2.51. The van der Waals surface area contributed by atoms with Crippen LogP contribution in [0.4, 0.5) is 0 Å². The van der Waals surface area contributed by atoms with Crippen LogP contribution < -0.4 is 10.1 Å². The number of hydrogen-bond donors (Lipinski definition) is 1. The van der Waals surface area contributed by atoms with Crippen molar-refractivity contribution < 1.29 is 9.53 Å². The lowest BCUT2D eigenvalue weighted by Gasteiger charge is -2.11. The Hall–Kier alpha value is -3.08. The van der Waals surface area contributed by atoms with Crippen LogP contribution >= 0.6 is 0 Å². The monoisotopic (exact) mass is 433 g/mol. The number of imidazole rings is 1. The smallest absolute Gasteiger partial charge is 0.243 e. The van der Waals surface area contributed by atoms with Crippen molar-refractivity contribution in [3.63, 3.8) is 0 Å². The molecule has 170 valence electrons. The fraction of sp³-hybridized carbons (Fsp3) is 0.407. The van der Waals surface area contributed by atoms with Gasteiger partial charge in [-0.05, 0) is 68.0 Å². The largest absolute Gasteiger partial charge is 0.494 e. The van der Waals surface area contributed by atoms with E-state index in [9.17, 15) is 4.79 Å². The molecule has 1 amide bonds. The number of ether oxygens (including phenoxy) is 1. The maximum Gasteiger partial charge on any atom is 0.243 e. The molecule has 0 atom stereocenters. The molecule has 0 spiro atoms. The lowest BCUT2D eigenvalue weighted by molar-refractivity contribution is -0.116. The average molecular weight is 434 g/mol. The number of carbonyl (C=O) groups is 1. The molecule has 5 heteroatoms. The summed E-state index contributed by atoms with van der Waals surface area (Å²) in [6, 6.07) is 16.7. The fourth-order valence-corrected chi connectivity index (χ4v) is 3.75. The molecule has 3 rings (SSSR count). The van der Waals surface area contributed by atoms with Gasteiger partial charge in [-0.2, -0.15) is 0 Å². The van der Waals surface area contributed by atoms with E-state index < -0.39 is 0 Å². The Morgan fingerprint density at radius 2 is 1.88 bits per heavy atom. The predicted molar refractivity (Wildman–Crippen MR) is 131 cm³/mol. The number of carbonyl (C=O) groups excluding carboxylic acids is 1. The zero-order valence-corrected chi connectivity index (χ0v) is 19.5. The highest BCUT2D eigenvalue weighted by atomic mass is 16.5. The summed E-state index contributed by atoms with van der Waals surface area (Å²) >= 11 is 0. The van der Waals surface area contributed by atoms with E-state index in [2.05, 4.69) is 66.2 Å². The Morgan fingerprint density at radius 1 is 1.09 bits per heavy atom. The second-order valence-corrected chi connectivity index (χ2v) is 8.34. The topological polar surface area (TPSA) is 56.2 Å². The number of nitrogens with zero attached hydrogens (tertiary/aromatic N) is 2. The first kappa shape index (κ1) is 23.6. The number of para-hydroxylation sites is 2. The number of allylic oxidation sites excluding steroid dienone is 1. The standard InChI is InChI=1S/C27H35N3O2/c1-4-10-27(31)28-18-9-13-26-29-24-11-5-6-12-25(24)30(26)19-7-8-20-32-23-16-14-22(15-17-23)21(2)3/h4-6,10-12,14-17,21H,7-9,13,18-20H2,1-3H3,(H,28,31)/b10-4-. The van der Waals surface area contributed by atoms with Gasteiger partial charge in [0.2, 0.25) is 5.91 Å². The van der Waals surface area contributed by atoms with E-state index in [1.807, 2.05) is 13.0 Å². The minimum atomic E-state index is -0.0418. The van der Waals surface area contributed by atoms with Gasteiger partial charge in [0.15, 0.2) is 0 Å². The minimum Gasteiger partial charge on any atom is -0.494 e. The molecule has 0 aliphatic heterocycles. The SMILES string of the molecule is C/C=C\C(=O)NCCCc1nc2ccccc2n1CCCCOc1ccc(C(C)C)cc1. The number of aromatic nitrogens is 2. The summed E-state index contributed by atoms with van der Waals surface area (Å²) in [7, 11) is 0. The quantitative estimate of drug-likeness (QED) is 0.297. The number of unbranched alkanes of at least 4 members (excludes halogenated alkanes) is 1. The number of fused-ring (bicyclic) bond motifs is 1. The highest BCUT2D eigenvalue weighted by Crippen LogP contribution is 2.20. The summed E-state index contributed by atoms with van der Waals surface area (Å²) in [6.45, 7) is 8.51. The molecule has 0 saturated carbocycles. The second kappa shape index (κ2) is 12.1. The van der Waals surface area contributed by atoms with Crippen molar-refractivity contribution in [2.75, 3.05) is 13.2 Å². The van der Waals surface area contributed by atoms with Gasteiger partial charge < -0.3 is 14.6 Å². The number of amides is 1. The zero-order chi connectivity index (χ0) is 22.8. The highest BCUT2D eigenvalue weighted by molar-refractivity contribution is 5.87. The molecule has 0 fully saturated rings. The van der Waals surface area contributed by atoms with Gasteiger partial charge in [-0.15, -0.1) is 0 Å². The van der Waals surface area contributed by atoms with E-state index in [0.717, 1.165) is 49.3 Å². The molecule has 3 aromatic rings. The van der Waals surface area contributed by atoms with Crippen LogP contribution in [0.25, 0.3) is 11.0 Å². The van der Waals surface area contributed by atoms with Crippen molar-refractivity contribution in [2.24, 2.45) is 0 Å². The van der Waals surface area contributed by atoms with Crippen molar-refractivity contribution >= 4 is 16.9 Å². The van der Waals surface area contributed by atoms with Crippen LogP contribution in [0, 0.1) is 0 Å². The third kappa shape index (κ3) is 6.71. The van der Waals surface area contributed by atoms with Crippen LogP contribution in [0.3, 0.4) is 0 Å². The molecule has 0 aliphatic rings. The van der Waals surface area contributed by atoms with Crippen molar-refractivity contribution in [2.45, 2.75) is 58.9 Å². The Morgan fingerprint density at radius 3 is 2.62 bits per heavy atom. The van der Waals surface area contributed by atoms with Crippen LogP contribution in [0.5, 0.6) is 5.75 Å². The third-order valence-corrected chi connectivity index (χ3v) is 5.52. The van der Waals surface area contributed by atoms with Crippen molar-refractivity contribution in [1.29, 1.82) is 0 Å². The molecule has 1 aromatic heterocycles. The van der Waals surface area contributed by atoms with Crippen molar-refractivity contribution in [1.82, 2.24) is 14.9 Å². The maximum absolute atomic E-state index is 11.6. The van der Waals surface area contributed by atoms with Gasteiger partial charge >= 0.3 is 0 Å². The number of nitrogens with one attached hydrogen (secondary N) is 1. The normalized spacial score (nSPS) is 11.5. The molecule has 0 radical (unpaired) electrons. The molecule has 0 saturated heterocycles. The van der Waals surface area contributed by atoms with Gasteiger partial charge in [0, 0.05) is 19.5 Å². The fourth-order valence-electron chi connectivity index (χ4n) is 3.75. The molecular formula is C27H35N3O2. The molecule has 5 nitrogen and oxygen atoms in total. The summed E-state index contributed by atoms with van der Waals surface area (Å²) in [5.41, 5.74) is 3.53. The van der Waals surface area contributed by atoms with Crippen LogP contribution in [0.15, 0.2) is 60.7 Å². The van der Waals surface area contributed by atoms with Gasteiger partial charge in [0.1, 0.15) is 11.6 Å². The number of rotatable bonds is 12. The van der Waals surface area contributed by atoms with Crippen molar-refractivity contribution in [3.05, 3.63) is 72.1 Å². The summed E-state index contributed by atoms with van der Waals surface area (Å²) < 4.78 is 8.25. The molecule has 1 heterocycles. The van der Waals surface area contributed by atoms with Gasteiger partial charge in [-0.3, -0.25) is 4.79 Å². The van der Waals surface area contributed by atoms with Crippen molar-refractivity contribution in [3.8, 4) is 5.75 Å². The van der Waals surface area contributed by atoms with Gasteiger partial charge in [0.05, 0.1) is 17.6 Å². The number of hydrogen-bond acceptors (Lipinski definition) is 3. The first-order valence-corrected chi connectivity index (χ1v) is 11.7. The predicted octanol–water partition coefficient (Wildman–Crippen LogP) is 5.64. The Labute approximate surface area is 191 Å². The van der Waals surface area contributed by atoms with Crippen LogP contribution in [0.2, 0.25) is 0 Å². The first-order valence-electron chi connectivity index (χ1n) is 11.7. The molecule has 1 N–H and O–H groups in total. The average Bonchev–Trinajstić information content (AvgIpc) is 3.14.